The van der Waals surface area contributed by atoms with Crippen LogP contribution in [0.5, 0.6) is 0 Å². The first-order valence-electron chi connectivity index (χ1n) is 7.74. The maximum Gasteiger partial charge on any atom is 0.224 e. The van der Waals surface area contributed by atoms with Crippen molar-refractivity contribution in [3.05, 3.63) is 0 Å². The first kappa shape index (κ1) is 18.9. The Kier molecular flexibility index (Phi) is 7.28. The van der Waals surface area contributed by atoms with E-state index < -0.39 is 10.0 Å². The second-order valence-electron chi connectivity index (χ2n) is 5.65. The number of nitrogens with zero attached hydrogens (tertiary/aromatic N) is 3. The normalized spacial score (nSPS) is 16.2. The van der Waals surface area contributed by atoms with Crippen molar-refractivity contribution in [1.82, 2.24) is 14.1 Å². The van der Waals surface area contributed by atoms with Crippen LogP contribution in [0.25, 0.3) is 0 Å². The zero-order valence-electron chi connectivity index (χ0n) is 13.7. The third-order valence-electron chi connectivity index (χ3n) is 3.88. The van der Waals surface area contributed by atoms with Gasteiger partial charge in [0, 0.05) is 52.6 Å². The lowest BCUT2D eigenvalue weighted by atomic mass is 10.2. The SMILES string of the molecule is CCCCN(CCC(=O)N1CCN(C(C)=O)CC1)S(C)(=O)=O. The van der Waals surface area contributed by atoms with Gasteiger partial charge in [0.25, 0.3) is 0 Å². The molecule has 0 unspecified atom stereocenters. The number of amides is 2. The summed E-state index contributed by atoms with van der Waals surface area (Å²) in [5.74, 6) is -0.0248. The second-order valence-corrected chi connectivity index (χ2v) is 7.63. The molecule has 0 aromatic heterocycles. The van der Waals surface area contributed by atoms with Gasteiger partial charge >= 0.3 is 0 Å². The monoisotopic (exact) mass is 333 g/mol. The summed E-state index contributed by atoms with van der Waals surface area (Å²) in [6.45, 7) is 6.35. The Morgan fingerprint density at radius 1 is 1.05 bits per heavy atom. The number of carbonyl (C=O) groups excluding carboxylic acids is 2. The quantitative estimate of drug-likeness (QED) is 0.663. The molecule has 2 amide bonds. The summed E-state index contributed by atoms with van der Waals surface area (Å²) < 4.78 is 24.8. The van der Waals surface area contributed by atoms with Crippen LogP contribution in [0, 0.1) is 0 Å². The molecule has 8 heteroatoms. The van der Waals surface area contributed by atoms with E-state index in [0.29, 0.717) is 32.7 Å². The van der Waals surface area contributed by atoms with Gasteiger partial charge in [-0.25, -0.2) is 12.7 Å². The first-order chi connectivity index (χ1) is 10.3. The molecule has 1 fully saturated rings. The van der Waals surface area contributed by atoms with Crippen LogP contribution in [0.15, 0.2) is 0 Å². The molecule has 0 spiro atoms. The van der Waals surface area contributed by atoms with E-state index in [1.165, 1.54) is 17.5 Å². The molecule has 1 heterocycles. The van der Waals surface area contributed by atoms with Crippen molar-refractivity contribution in [2.45, 2.75) is 33.1 Å². The summed E-state index contributed by atoms with van der Waals surface area (Å²) in [6.07, 6.45) is 3.07. The zero-order chi connectivity index (χ0) is 16.8. The molecule has 0 saturated carbocycles. The highest BCUT2D eigenvalue weighted by molar-refractivity contribution is 7.88. The van der Waals surface area contributed by atoms with Gasteiger partial charge in [0.1, 0.15) is 0 Å². The van der Waals surface area contributed by atoms with Crippen molar-refractivity contribution < 1.29 is 18.0 Å². The third-order valence-corrected chi connectivity index (χ3v) is 5.19. The van der Waals surface area contributed by atoms with Crippen LogP contribution in [-0.2, 0) is 19.6 Å². The van der Waals surface area contributed by atoms with E-state index in [1.807, 2.05) is 6.92 Å². The number of sulfonamides is 1. The fourth-order valence-corrected chi connectivity index (χ4v) is 3.31. The minimum Gasteiger partial charge on any atom is -0.339 e. The van der Waals surface area contributed by atoms with Gasteiger partial charge in [0.05, 0.1) is 6.26 Å². The molecule has 1 rings (SSSR count). The van der Waals surface area contributed by atoms with E-state index >= 15 is 0 Å². The Balaban J connectivity index is 2.46. The van der Waals surface area contributed by atoms with Gasteiger partial charge in [-0.15, -0.1) is 0 Å². The molecule has 7 nitrogen and oxygen atoms in total. The molecule has 22 heavy (non-hydrogen) atoms. The summed E-state index contributed by atoms with van der Waals surface area (Å²) in [7, 11) is -3.27. The average molecular weight is 333 g/mol. The highest BCUT2D eigenvalue weighted by Gasteiger charge is 2.24. The number of rotatable bonds is 7. The molecule has 1 aliphatic rings. The summed E-state index contributed by atoms with van der Waals surface area (Å²) in [5.41, 5.74) is 0. The molecular weight excluding hydrogens is 306 g/mol. The van der Waals surface area contributed by atoms with E-state index in [0.717, 1.165) is 12.8 Å². The maximum atomic E-state index is 12.2. The van der Waals surface area contributed by atoms with Gasteiger partial charge in [-0.2, -0.15) is 0 Å². The summed E-state index contributed by atoms with van der Waals surface area (Å²) in [4.78, 5) is 26.9. The molecule has 1 saturated heterocycles. The van der Waals surface area contributed by atoms with Crippen molar-refractivity contribution >= 4 is 21.8 Å². The highest BCUT2D eigenvalue weighted by Crippen LogP contribution is 2.07. The maximum absolute atomic E-state index is 12.2. The number of hydrogen-bond donors (Lipinski definition) is 0. The van der Waals surface area contributed by atoms with Gasteiger partial charge in [-0.05, 0) is 6.42 Å². The van der Waals surface area contributed by atoms with Crippen LogP contribution in [0.1, 0.15) is 33.1 Å². The standard InChI is InChI=1S/C14H27N3O4S/c1-4-5-7-17(22(3,20)21)8-6-14(19)16-11-9-15(10-12-16)13(2)18/h4-12H2,1-3H3. The van der Waals surface area contributed by atoms with Gasteiger partial charge in [-0.1, -0.05) is 13.3 Å². The van der Waals surface area contributed by atoms with Crippen LogP contribution in [0.2, 0.25) is 0 Å². The largest absolute Gasteiger partial charge is 0.339 e. The predicted octanol–water partition coefficient (Wildman–Crippen LogP) is 0.129. The average Bonchev–Trinajstić information content (AvgIpc) is 2.45. The van der Waals surface area contributed by atoms with Crippen LogP contribution < -0.4 is 0 Å². The molecule has 1 aliphatic heterocycles. The molecule has 0 bridgehead atoms. The first-order valence-corrected chi connectivity index (χ1v) is 9.59. The van der Waals surface area contributed by atoms with Gasteiger partial charge < -0.3 is 9.80 Å². The Morgan fingerprint density at radius 2 is 1.59 bits per heavy atom. The van der Waals surface area contributed by atoms with E-state index in [4.69, 9.17) is 0 Å². The van der Waals surface area contributed by atoms with Gasteiger partial charge in [0.2, 0.25) is 21.8 Å². The summed E-state index contributed by atoms with van der Waals surface area (Å²) >= 11 is 0. The smallest absolute Gasteiger partial charge is 0.224 e. The lowest BCUT2D eigenvalue weighted by Gasteiger charge is -2.34. The van der Waals surface area contributed by atoms with Crippen molar-refractivity contribution in [2.24, 2.45) is 0 Å². The predicted molar refractivity (Wildman–Crippen MR) is 84.8 cm³/mol. The molecule has 0 aliphatic carbocycles. The van der Waals surface area contributed by atoms with Crippen LogP contribution >= 0.6 is 0 Å². The van der Waals surface area contributed by atoms with Crippen LogP contribution in [-0.4, -0.2) is 79.9 Å². The minimum absolute atomic E-state index is 0.0231. The van der Waals surface area contributed by atoms with Crippen molar-refractivity contribution in [3.63, 3.8) is 0 Å². The Hall–Kier alpha value is -1.15. The molecule has 128 valence electrons. The molecule has 0 aromatic rings. The Bertz CT molecular complexity index is 484. The number of unbranched alkanes of at least 4 members (excludes halogenated alkanes) is 1. The Morgan fingerprint density at radius 3 is 2.05 bits per heavy atom. The van der Waals surface area contributed by atoms with Crippen molar-refractivity contribution in [2.75, 3.05) is 45.5 Å². The lowest BCUT2D eigenvalue weighted by molar-refractivity contribution is -0.138. The lowest BCUT2D eigenvalue weighted by Crippen LogP contribution is -2.50. The van der Waals surface area contributed by atoms with E-state index in [-0.39, 0.29) is 24.8 Å². The third kappa shape index (κ3) is 5.92. The summed E-state index contributed by atoms with van der Waals surface area (Å²) in [6, 6.07) is 0. The van der Waals surface area contributed by atoms with E-state index in [1.54, 1.807) is 9.80 Å². The molecule has 0 aromatic carbocycles. The number of hydrogen-bond acceptors (Lipinski definition) is 4. The topological polar surface area (TPSA) is 78.0 Å². The van der Waals surface area contributed by atoms with Gasteiger partial charge in [-0.3, -0.25) is 9.59 Å². The molecule has 0 atom stereocenters. The Labute approximate surface area is 133 Å². The fourth-order valence-electron chi connectivity index (χ4n) is 2.43. The second kappa shape index (κ2) is 8.47. The molecular formula is C14H27N3O4S. The van der Waals surface area contributed by atoms with E-state index in [2.05, 4.69) is 0 Å². The highest BCUT2D eigenvalue weighted by atomic mass is 32.2. The van der Waals surface area contributed by atoms with Crippen molar-refractivity contribution in [3.8, 4) is 0 Å². The van der Waals surface area contributed by atoms with Crippen molar-refractivity contribution in [1.29, 1.82) is 0 Å². The van der Waals surface area contributed by atoms with Crippen LogP contribution in [0.4, 0.5) is 0 Å². The van der Waals surface area contributed by atoms with Crippen LogP contribution in [0.3, 0.4) is 0 Å². The number of piperazine rings is 1. The summed E-state index contributed by atoms with van der Waals surface area (Å²) in [5, 5.41) is 0. The van der Waals surface area contributed by atoms with Gasteiger partial charge in [0.15, 0.2) is 0 Å². The number of carbonyl (C=O) groups is 2. The zero-order valence-corrected chi connectivity index (χ0v) is 14.6. The van der Waals surface area contributed by atoms with E-state index in [9.17, 15) is 18.0 Å². The molecule has 0 radical (unpaired) electrons. The molecule has 0 N–H and O–H groups in total. The minimum atomic E-state index is -3.27. The fraction of sp³-hybridized carbons (Fsp3) is 0.857.